The number of nitrogens with one attached hydrogen (secondary N) is 1. The molecule has 0 atom stereocenters. The first-order valence-electron chi connectivity index (χ1n) is 8.85. The van der Waals surface area contributed by atoms with Crippen LogP contribution in [0.5, 0.6) is 17.2 Å². The van der Waals surface area contributed by atoms with E-state index in [0.29, 0.717) is 43.1 Å². The second kappa shape index (κ2) is 10.2. The van der Waals surface area contributed by atoms with Crippen molar-refractivity contribution in [3.63, 3.8) is 0 Å². The van der Waals surface area contributed by atoms with E-state index in [4.69, 9.17) is 19.3 Å². The molecule has 1 amide bonds. The van der Waals surface area contributed by atoms with Crippen LogP contribution in [0.2, 0.25) is 0 Å². The Morgan fingerprint density at radius 1 is 0.929 bits per heavy atom. The summed E-state index contributed by atoms with van der Waals surface area (Å²) in [5, 5.41) is 11.9. The van der Waals surface area contributed by atoms with E-state index >= 15 is 0 Å². The molecule has 0 fully saturated rings. The highest BCUT2D eigenvalue weighted by Crippen LogP contribution is 2.23. The Bertz CT molecular complexity index is 811. The smallest absolute Gasteiger partial charge is 0.335 e. The molecule has 28 heavy (non-hydrogen) atoms. The van der Waals surface area contributed by atoms with Crippen LogP contribution in [0.1, 0.15) is 27.9 Å². The molecule has 0 aliphatic heterocycles. The third-order valence-electron chi connectivity index (χ3n) is 4.30. The number of carbonyl (C=O) groups excluding carboxylic acids is 1. The van der Waals surface area contributed by atoms with Gasteiger partial charge >= 0.3 is 5.97 Å². The topological polar surface area (TPSA) is 94.1 Å². The van der Waals surface area contributed by atoms with Gasteiger partial charge in [0.1, 0.15) is 17.2 Å². The Kier molecular flexibility index (Phi) is 7.68. The van der Waals surface area contributed by atoms with E-state index in [1.807, 2.05) is 12.1 Å². The molecular formula is C21H25NO6. The van der Waals surface area contributed by atoms with Crippen LogP contribution in [0.3, 0.4) is 0 Å². The van der Waals surface area contributed by atoms with Gasteiger partial charge in [-0.1, -0.05) is 6.07 Å². The molecule has 2 aromatic rings. The molecule has 7 nitrogen and oxygen atoms in total. The van der Waals surface area contributed by atoms with Gasteiger partial charge in [-0.2, -0.15) is 0 Å². The van der Waals surface area contributed by atoms with Crippen molar-refractivity contribution in [2.24, 2.45) is 0 Å². The average Bonchev–Trinajstić information content (AvgIpc) is 2.71. The first-order chi connectivity index (χ1) is 13.5. The number of aryl methyl sites for hydroxylation is 1. The van der Waals surface area contributed by atoms with Crippen LogP contribution in [0.25, 0.3) is 0 Å². The highest BCUT2D eigenvalue weighted by Gasteiger charge is 2.10. The summed E-state index contributed by atoms with van der Waals surface area (Å²) in [4.78, 5) is 23.2. The molecule has 0 radical (unpaired) electrons. The Hall–Kier alpha value is -3.22. The number of aromatic carboxylic acids is 1. The van der Waals surface area contributed by atoms with Gasteiger partial charge in [0.15, 0.2) is 0 Å². The van der Waals surface area contributed by atoms with Gasteiger partial charge in [0, 0.05) is 19.0 Å². The lowest BCUT2D eigenvalue weighted by Crippen LogP contribution is -2.26. The lowest BCUT2D eigenvalue weighted by atomic mass is 10.1. The maximum Gasteiger partial charge on any atom is 0.335 e. The summed E-state index contributed by atoms with van der Waals surface area (Å²) in [6.45, 7) is 0.434. The van der Waals surface area contributed by atoms with Gasteiger partial charge in [0.25, 0.3) is 0 Å². The van der Waals surface area contributed by atoms with E-state index < -0.39 is 5.97 Å². The molecule has 2 aromatic carbocycles. The maximum absolute atomic E-state index is 12.1. The first-order valence-corrected chi connectivity index (χ1v) is 8.85. The van der Waals surface area contributed by atoms with Crippen molar-refractivity contribution in [3.8, 4) is 17.2 Å². The van der Waals surface area contributed by atoms with E-state index in [-0.39, 0.29) is 11.5 Å². The lowest BCUT2D eigenvalue weighted by molar-refractivity contribution is -0.121. The zero-order chi connectivity index (χ0) is 20.5. The molecule has 0 aromatic heterocycles. The summed E-state index contributed by atoms with van der Waals surface area (Å²) in [7, 11) is 4.66. The van der Waals surface area contributed by atoms with Crippen molar-refractivity contribution in [2.45, 2.75) is 19.3 Å². The zero-order valence-corrected chi connectivity index (χ0v) is 16.3. The molecule has 0 aliphatic carbocycles. The zero-order valence-electron chi connectivity index (χ0n) is 16.3. The molecule has 0 aliphatic rings. The molecule has 0 bridgehead atoms. The molecular weight excluding hydrogens is 362 g/mol. The van der Waals surface area contributed by atoms with E-state index in [2.05, 4.69) is 5.32 Å². The summed E-state index contributed by atoms with van der Waals surface area (Å²) in [5.74, 6) is 0.797. The van der Waals surface area contributed by atoms with Gasteiger partial charge in [-0.3, -0.25) is 4.79 Å². The van der Waals surface area contributed by atoms with E-state index in [1.54, 1.807) is 26.4 Å². The predicted molar refractivity (Wildman–Crippen MR) is 105 cm³/mol. The second-order valence-corrected chi connectivity index (χ2v) is 6.15. The monoisotopic (exact) mass is 387 g/mol. The largest absolute Gasteiger partial charge is 0.497 e. The van der Waals surface area contributed by atoms with Gasteiger partial charge in [-0.15, -0.1) is 0 Å². The highest BCUT2D eigenvalue weighted by molar-refractivity contribution is 5.88. The van der Waals surface area contributed by atoms with Gasteiger partial charge < -0.3 is 24.6 Å². The molecule has 0 saturated carbocycles. The number of carboxylic acids is 1. The standard InChI is InChI=1S/C21H25NO6/c1-26-17-10-14(11-18(13-17)27-2)4-7-20(23)22-9-8-15-5-6-16(21(24)25)12-19(15)28-3/h5-6,10-13H,4,7-9H2,1-3H3,(H,22,23)(H,24,25). The van der Waals surface area contributed by atoms with E-state index in [9.17, 15) is 9.59 Å². The van der Waals surface area contributed by atoms with Crippen molar-refractivity contribution in [3.05, 3.63) is 53.1 Å². The van der Waals surface area contributed by atoms with Crippen LogP contribution in [0, 0.1) is 0 Å². The van der Waals surface area contributed by atoms with Crippen LogP contribution in [0.15, 0.2) is 36.4 Å². The lowest BCUT2D eigenvalue weighted by Gasteiger charge is -2.11. The Labute approximate surface area is 164 Å². The number of carbonyl (C=O) groups is 2. The molecule has 0 unspecified atom stereocenters. The van der Waals surface area contributed by atoms with Gasteiger partial charge in [0.2, 0.25) is 5.91 Å². The Balaban J connectivity index is 1.86. The SMILES string of the molecule is COc1cc(CCC(=O)NCCc2ccc(C(=O)O)cc2OC)cc(OC)c1. The molecule has 0 heterocycles. The van der Waals surface area contributed by atoms with Crippen LogP contribution in [0.4, 0.5) is 0 Å². The number of hydrogen-bond donors (Lipinski definition) is 2. The fourth-order valence-electron chi connectivity index (χ4n) is 2.78. The number of rotatable bonds is 10. The van der Waals surface area contributed by atoms with Crippen LogP contribution in [-0.2, 0) is 17.6 Å². The molecule has 2 rings (SSSR count). The third-order valence-corrected chi connectivity index (χ3v) is 4.30. The third kappa shape index (κ3) is 5.90. The average molecular weight is 387 g/mol. The molecule has 2 N–H and O–H groups in total. The van der Waals surface area contributed by atoms with Crippen molar-refractivity contribution >= 4 is 11.9 Å². The van der Waals surface area contributed by atoms with Gasteiger partial charge in [0.05, 0.1) is 26.9 Å². The fourth-order valence-corrected chi connectivity index (χ4v) is 2.78. The summed E-state index contributed by atoms with van der Waals surface area (Å²) in [5.41, 5.74) is 1.96. The molecule has 0 saturated heterocycles. The minimum absolute atomic E-state index is 0.0668. The van der Waals surface area contributed by atoms with Crippen molar-refractivity contribution in [1.29, 1.82) is 0 Å². The molecule has 150 valence electrons. The number of carboxylic acid groups (broad SMARTS) is 1. The molecule has 0 spiro atoms. The highest BCUT2D eigenvalue weighted by atomic mass is 16.5. The molecule has 7 heteroatoms. The minimum Gasteiger partial charge on any atom is -0.497 e. The van der Waals surface area contributed by atoms with Crippen LogP contribution >= 0.6 is 0 Å². The van der Waals surface area contributed by atoms with Crippen molar-refractivity contribution in [2.75, 3.05) is 27.9 Å². The minimum atomic E-state index is -1.01. The summed E-state index contributed by atoms with van der Waals surface area (Å²) in [6.07, 6.45) is 1.45. The first kappa shape index (κ1) is 21.1. The summed E-state index contributed by atoms with van der Waals surface area (Å²) >= 11 is 0. The van der Waals surface area contributed by atoms with Crippen molar-refractivity contribution in [1.82, 2.24) is 5.32 Å². The van der Waals surface area contributed by atoms with Crippen molar-refractivity contribution < 1.29 is 28.9 Å². The number of hydrogen-bond acceptors (Lipinski definition) is 5. The van der Waals surface area contributed by atoms with Crippen LogP contribution in [-0.4, -0.2) is 44.9 Å². The normalized spacial score (nSPS) is 10.2. The number of amides is 1. The second-order valence-electron chi connectivity index (χ2n) is 6.15. The number of benzene rings is 2. The predicted octanol–water partition coefficient (Wildman–Crippen LogP) is 2.70. The van der Waals surface area contributed by atoms with Gasteiger partial charge in [-0.25, -0.2) is 4.79 Å². The van der Waals surface area contributed by atoms with E-state index in [0.717, 1.165) is 11.1 Å². The Morgan fingerprint density at radius 3 is 2.18 bits per heavy atom. The van der Waals surface area contributed by atoms with Gasteiger partial charge in [-0.05, 0) is 48.2 Å². The van der Waals surface area contributed by atoms with E-state index in [1.165, 1.54) is 19.2 Å². The quantitative estimate of drug-likeness (QED) is 0.651. The number of methoxy groups -OCH3 is 3. The maximum atomic E-state index is 12.1. The summed E-state index contributed by atoms with van der Waals surface area (Å²) in [6, 6.07) is 10.3. The Morgan fingerprint density at radius 2 is 1.61 bits per heavy atom. The fraction of sp³-hybridized carbons (Fsp3) is 0.333. The van der Waals surface area contributed by atoms with Crippen LogP contribution < -0.4 is 19.5 Å². The number of ether oxygens (including phenoxy) is 3. The summed E-state index contributed by atoms with van der Waals surface area (Å²) < 4.78 is 15.7.